The molecular weight excluding hydrogens is 184 g/mol. The Morgan fingerprint density at radius 3 is 2.47 bits per heavy atom. The number of rotatable bonds is 4. The highest BCUT2D eigenvalue weighted by Crippen LogP contribution is 2.15. The number of benzene rings is 1. The van der Waals surface area contributed by atoms with Gasteiger partial charge in [0.2, 0.25) is 0 Å². The minimum atomic E-state index is 0.764. The van der Waals surface area contributed by atoms with Gasteiger partial charge >= 0.3 is 0 Å². The molecule has 0 aromatic heterocycles. The molecule has 0 atom stereocenters. The van der Waals surface area contributed by atoms with Gasteiger partial charge < -0.3 is 4.90 Å². The molecule has 82 valence electrons. The van der Waals surface area contributed by atoms with Crippen LogP contribution in [-0.2, 0) is 6.54 Å². The summed E-state index contributed by atoms with van der Waals surface area (Å²) in [6, 6.07) is 11.5. The van der Waals surface area contributed by atoms with E-state index in [1.54, 1.807) is 0 Å². The minimum absolute atomic E-state index is 0.764. The molecule has 0 spiro atoms. The van der Waals surface area contributed by atoms with Gasteiger partial charge in [-0.15, -0.1) is 0 Å². The second-order valence-corrected chi connectivity index (χ2v) is 4.42. The van der Waals surface area contributed by atoms with Crippen LogP contribution in [0.2, 0.25) is 0 Å². The van der Waals surface area contributed by atoms with Gasteiger partial charge in [-0.25, -0.2) is 0 Å². The van der Waals surface area contributed by atoms with Crippen molar-refractivity contribution >= 4 is 0 Å². The fourth-order valence-corrected chi connectivity index (χ4v) is 2.21. The van der Waals surface area contributed by atoms with E-state index in [1.165, 1.54) is 18.7 Å². The normalized spacial score (nSPS) is 18.1. The molecule has 1 saturated heterocycles. The highest BCUT2D eigenvalue weighted by molar-refractivity contribution is 5.14. The van der Waals surface area contributed by atoms with Crippen molar-refractivity contribution in [3.8, 4) is 0 Å². The van der Waals surface area contributed by atoms with Gasteiger partial charge in [-0.1, -0.05) is 37.3 Å². The summed E-state index contributed by atoms with van der Waals surface area (Å²) < 4.78 is 0. The van der Waals surface area contributed by atoms with Gasteiger partial charge in [0.05, 0.1) is 0 Å². The lowest BCUT2D eigenvalue weighted by atomic mass is 10.1. The predicted molar refractivity (Wildman–Crippen MR) is 63.8 cm³/mol. The molecule has 1 aliphatic heterocycles. The van der Waals surface area contributed by atoms with Crippen LogP contribution in [0.3, 0.4) is 0 Å². The average Bonchev–Trinajstić information content (AvgIpc) is 2.23. The Balaban J connectivity index is 1.91. The standard InChI is InChI=1S/C13H20N2/c1-3-15(13-10-14(2)11-13)9-12-7-5-4-6-8-12/h4-8,13H,3,9-11H2,1-2H3. The summed E-state index contributed by atoms with van der Waals surface area (Å²) in [6.07, 6.45) is 0. The lowest BCUT2D eigenvalue weighted by molar-refractivity contribution is 0.0507. The van der Waals surface area contributed by atoms with E-state index in [-0.39, 0.29) is 0 Å². The number of hydrogen-bond acceptors (Lipinski definition) is 2. The maximum atomic E-state index is 2.56. The van der Waals surface area contributed by atoms with Gasteiger partial charge in [0.25, 0.3) is 0 Å². The third-order valence-electron chi connectivity index (χ3n) is 3.20. The molecule has 0 aliphatic carbocycles. The molecule has 1 aromatic carbocycles. The van der Waals surface area contributed by atoms with Crippen LogP contribution in [0.15, 0.2) is 30.3 Å². The summed E-state index contributed by atoms with van der Waals surface area (Å²) in [5.74, 6) is 0. The highest BCUT2D eigenvalue weighted by Gasteiger charge is 2.27. The second kappa shape index (κ2) is 4.77. The monoisotopic (exact) mass is 204 g/mol. The third kappa shape index (κ3) is 2.58. The molecule has 15 heavy (non-hydrogen) atoms. The van der Waals surface area contributed by atoms with Crippen molar-refractivity contribution in [3.05, 3.63) is 35.9 Å². The van der Waals surface area contributed by atoms with Gasteiger partial charge in [-0.2, -0.15) is 0 Å². The average molecular weight is 204 g/mol. The fourth-order valence-electron chi connectivity index (χ4n) is 2.21. The molecule has 1 aromatic rings. The van der Waals surface area contributed by atoms with Crippen molar-refractivity contribution < 1.29 is 0 Å². The van der Waals surface area contributed by atoms with Crippen LogP contribution in [0.5, 0.6) is 0 Å². The lowest BCUT2D eigenvalue weighted by Gasteiger charge is -2.43. The first-order valence-electron chi connectivity index (χ1n) is 5.76. The largest absolute Gasteiger partial charge is 0.303 e. The maximum Gasteiger partial charge on any atom is 0.0353 e. The van der Waals surface area contributed by atoms with E-state index >= 15 is 0 Å². The van der Waals surface area contributed by atoms with E-state index < -0.39 is 0 Å². The van der Waals surface area contributed by atoms with E-state index in [2.05, 4.69) is 54.1 Å². The zero-order valence-electron chi connectivity index (χ0n) is 9.69. The number of likely N-dealkylation sites (tertiary alicyclic amines) is 1. The first-order valence-corrected chi connectivity index (χ1v) is 5.76. The quantitative estimate of drug-likeness (QED) is 0.738. The van der Waals surface area contributed by atoms with Crippen molar-refractivity contribution in [1.82, 2.24) is 9.80 Å². The summed E-state index contributed by atoms with van der Waals surface area (Å²) >= 11 is 0. The highest BCUT2D eigenvalue weighted by atomic mass is 15.3. The first kappa shape index (κ1) is 10.7. The molecule has 0 N–H and O–H groups in total. The van der Waals surface area contributed by atoms with Crippen molar-refractivity contribution in [1.29, 1.82) is 0 Å². The molecule has 0 saturated carbocycles. The molecule has 2 nitrogen and oxygen atoms in total. The smallest absolute Gasteiger partial charge is 0.0353 e. The predicted octanol–water partition coefficient (Wildman–Crippen LogP) is 1.82. The minimum Gasteiger partial charge on any atom is -0.303 e. The fraction of sp³-hybridized carbons (Fsp3) is 0.538. The summed E-state index contributed by atoms with van der Waals surface area (Å²) in [5, 5.41) is 0. The second-order valence-electron chi connectivity index (χ2n) is 4.42. The van der Waals surface area contributed by atoms with E-state index in [4.69, 9.17) is 0 Å². The van der Waals surface area contributed by atoms with Gasteiger partial charge in [-0.3, -0.25) is 4.90 Å². The Hall–Kier alpha value is -0.860. The molecular formula is C13H20N2. The van der Waals surface area contributed by atoms with Crippen LogP contribution in [-0.4, -0.2) is 42.5 Å². The molecule has 1 aliphatic rings. The Labute approximate surface area is 92.5 Å². The van der Waals surface area contributed by atoms with Crippen LogP contribution in [0, 0.1) is 0 Å². The van der Waals surface area contributed by atoms with Crippen LogP contribution in [0.1, 0.15) is 12.5 Å². The van der Waals surface area contributed by atoms with Gasteiger partial charge in [0.1, 0.15) is 0 Å². The summed E-state index contributed by atoms with van der Waals surface area (Å²) in [4.78, 5) is 4.94. The van der Waals surface area contributed by atoms with Crippen LogP contribution < -0.4 is 0 Å². The van der Waals surface area contributed by atoms with Gasteiger partial charge in [0, 0.05) is 25.7 Å². The Morgan fingerprint density at radius 2 is 1.93 bits per heavy atom. The van der Waals surface area contributed by atoms with Gasteiger partial charge in [0.15, 0.2) is 0 Å². The summed E-state index contributed by atoms with van der Waals surface area (Å²) in [5.41, 5.74) is 1.42. The van der Waals surface area contributed by atoms with E-state index in [1.807, 2.05) is 0 Å². The molecule has 0 radical (unpaired) electrons. The summed E-state index contributed by atoms with van der Waals surface area (Å²) in [6.45, 7) is 6.94. The van der Waals surface area contributed by atoms with Crippen molar-refractivity contribution in [2.45, 2.75) is 19.5 Å². The van der Waals surface area contributed by atoms with E-state index in [0.29, 0.717) is 0 Å². The molecule has 0 amide bonds. The third-order valence-corrected chi connectivity index (χ3v) is 3.20. The molecule has 1 heterocycles. The molecule has 0 bridgehead atoms. The Kier molecular flexibility index (Phi) is 3.39. The molecule has 0 unspecified atom stereocenters. The first-order chi connectivity index (χ1) is 7.29. The SMILES string of the molecule is CCN(Cc1ccccc1)C1CN(C)C1. The van der Waals surface area contributed by atoms with Crippen molar-refractivity contribution in [2.75, 3.05) is 26.7 Å². The van der Waals surface area contributed by atoms with E-state index in [0.717, 1.165) is 19.1 Å². The van der Waals surface area contributed by atoms with Crippen molar-refractivity contribution in [2.24, 2.45) is 0 Å². The topological polar surface area (TPSA) is 6.48 Å². The maximum absolute atomic E-state index is 2.56. The number of hydrogen-bond donors (Lipinski definition) is 0. The van der Waals surface area contributed by atoms with Crippen molar-refractivity contribution in [3.63, 3.8) is 0 Å². The number of likely N-dealkylation sites (N-methyl/N-ethyl adjacent to an activating group) is 2. The van der Waals surface area contributed by atoms with Crippen LogP contribution in [0.25, 0.3) is 0 Å². The lowest BCUT2D eigenvalue weighted by Crippen LogP contribution is -2.57. The molecule has 2 heteroatoms. The Bertz CT molecular complexity index is 291. The van der Waals surface area contributed by atoms with Gasteiger partial charge in [-0.05, 0) is 19.2 Å². The molecule has 2 rings (SSSR count). The number of nitrogens with zero attached hydrogens (tertiary/aromatic N) is 2. The zero-order valence-corrected chi connectivity index (χ0v) is 9.69. The molecule has 1 fully saturated rings. The van der Waals surface area contributed by atoms with E-state index in [9.17, 15) is 0 Å². The zero-order chi connectivity index (χ0) is 10.7. The Morgan fingerprint density at radius 1 is 1.27 bits per heavy atom. The summed E-state index contributed by atoms with van der Waals surface area (Å²) in [7, 11) is 2.19. The van der Waals surface area contributed by atoms with Crippen LogP contribution >= 0.6 is 0 Å². The van der Waals surface area contributed by atoms with Crippen LogP contribution in [0.4, 0.5) is 0 Å².